The van der Waals surface area contributed by atoms with Gasteiger partial charge in [0.1, 0.15) is 18.0 Å². The van der Waals surface area contributed by atoms with Crippen molar-refractivity contribution in [3.63, 3.8) is 0 Å². The number of hydrogen-bond acceptors (Lipinski definition) is 5. The molecule has 0 saturated heterocycles. The molecule has 7 nitrogen and oxygen atoms in total. The van der Waals surface area contributed by atoms with Crippen molar-refractivity contribution in [3.05, 3.63) is 78.5 Å². The average molecular weight is 499 g/mol. The van der Waals surface area contributed by atoms with E-state index in [0.717, 1.165) is 42.8 Å². The van der Waals surface area contributed by atoms with Crippen LogP contribution in [0, 0.1) is 6.92 Å². The van der Waals surface area contributed by atoms with Crippen LogP contribution in [0.3, 0.4) is 0 Å². The molecule has 4 aromatic rings. The highest BCUT2D eigenvalue weighted by atomic mass is 35.5. The Hall–Kier alpha value is -3.16. The number of aromatic nitrogens is 4. The van der Waals surface area contributed by atoms with Crippen molar-refractivity contribution >= 4 is 47.4 Å². The number of nitrogens with one attached hydrogen (secondary N) is 2. The van der Waals surface area contributed by atoms with Gasteiger partial charge < -0.3 is 10.6 Å². The van der Waals surface area contributed by atoms with Gasteiger partial charge in [-0.1, -0.05) is 18.2 Å². The normalized spacial score (nSPS) is 17.3. The minimum atomic E-state index is -0.0714. The van der Waals surface area contributed by atoms with E-state index < -0.39 is 0 Å². The van der Waals surface area contributed by atoms with E-state index in [0.29, 0.717) is 11.6 Å². The zero-order valence-corrected chi connectivity index (χ0v) is 20.5. The number of rotatable bonds is 5. The predicted molar refractivity (Wildman–Crippen MR) is 139 cm³/mol. The summed E-state index contributed by atoms with van der Waals surface area (Å²) in [7, 11) is 0. The molecule has 0 unspecified atom stereocenters. The Morgan fingerprint density at radius 1 is 1.03 bits per heavy atom. The Kier molecular flexibility index (Phi) is 8.47. The molecular weight excluding hydrogens is 471 g/mol. The average Bonchev–Trinajstić information content (AvgIpc) is 3.36. The lowest BCUT2D eigenvalue weighted by molar-refractivity contribution is 0.0926. The molecule has 1 aliphatic carbocycles. The number of imidazole rings is 1. The Morgan fingerprint density at radius 2 is 1.79 bits per heavy atom. The number of aryl methyl sites for hydroxylation is 1. The van der Waals surface area contributed by atoms with E-state index in [9.17, 15) is 4.79 Å². The maximum atomic E-state index is 12.6. The molecular formula is C25H28Cl2N6O. The fraction of sp³-hybridized carbons (Fsp3) is 0.280. The van der Waals surface area contributed by atoms with Crippen LogP contribution in [-0.4, -0.2) is 37.5 Å². The van der Waals surface area contributed by atoms with Gasteiger partial charge in [0.25, 0.3) is 5.91 Å². The standard InChI is InChI=1S/C25H26N6O.2ClH/c1-17-14-23(30-22-5-3-2-4-21(17)22)28-19-7-9-20(10-8-19)29-25(32)18-6-11-24(27-15-18)31-13-12-26-16-31;;/h2-6,11-16,19-20H,7-10H2,1H3,(H,28,30)(H,29,32);2*1H. The monoisotopic (exact) mass is 498 g/mol. The van der Waals surface area contributed by atoms with Gasteiger partial charge in [-0.3, -0.25) is 9.36 Å². The molecule has 0 radical (unpaired) electrons. The van der Waals surface area contributed by atoms with E-state index in [1.54, 1.807) is 24.8 Å². The van der Waals surface area contributed by atoms with Crippen molar-refractivity contribution in [2.75, 3.05) is 5.32 Å². The summed E-state index contributed by atoms with van der Waals surface area (Å²) in [6, 6.07) is 14.5. The van der Waals surface area contributed by atoms with Crippen LogP contribution in [0.25, 0.3) is 16.7 Å². The highest BCUT2D eigenvalue weighted by Gasteiger charge is 2.23. The molecule has 0 spiro atoms. The molecule has 5 rings (SSSR count). The highest BCUT2D eigenvalue weighted by Crippen LogP contribution is 2.25. The maximum Gasteiger partial charge on any atom is 0.253 e. The van der Waals surface area contributed by atoms with Gasteiger partial charge in [-0.05, 0) is 62.4 Å². The summed E-state index contributed by atoms with van der Waals surface area (Å²) < 4.78 is 1.81. The third-order valence-electron chi connectivity index (χ3n) is 6.12. The Labute approximate surface area is 211 Å². The van der Waals surface area contributed by atoms with Crippen LogP contribution in [0.5, 0.6) is 0 Å². The van der Waals surface area contributed by atoms with Crippen LogP contribution >= 0.6 is 24.8 Å². The summed E-state index contributed by atoms with van der Waals surface area (Å²) in [5.41, 5.74) is 2.82. The molecule has 1 aromatic carbocycles. The van der Waals surface area contributed by atoms with Crippen molar-refractivity contribution in [1.82, 2.24) is 24.8 Å². The van der Waals surface area contributed by atoms with Crippen LogP contribution in [0.1, 0.15) is 41.6 Å². The van der Waals surface area contributed by atoms with Crippen molar-refractivity contribution in [2.24, 2.45) is 0 Å². The van der Waals surface area contributed by atoms with Crippen molar-refractivity contribution < 1.29 is 4.79 Å². The number of carbonyl (C=O) groups excluding carboxylic acids is 1. The molecule has 1 saturated carbocycles. The van der Waals surface area contributed by atoms with Crippen LogP contribution in [0.4, 0.5) is 5.82 Å². The van der Waals surface area contributed by atoms with Gasteiger partial charge in [0.2, 0.25) is 0 Å². The summed E-state index contributed by atoms with van der Waals surface area (Å²) in [4.78, 5) is 25.8. The molecule has 3 aromatic heterocycles. The Bertz CT molecular complexity index is 1220. The highest BCUT2D eigenvalue weighted by molar-refractivity contribution is 5.94. The third-order valence-corrected chi connectivity index (χ3v) is 6.12. The first-order chi connectivity index (χ1) is 15.7. The van der Waals surface area contributed by atoms with Gasteiger partial charge in [-0.2, -0.15) is 0 Å². The molecule has 1 amide bonds. The van der Waals surface area contributed by atoms with Crippen LogP contribution in [0.15, 0.2) is 67.4 Å². The Morgan fingerprint density at radius 3 is 2.50 bits per heavy atom. The van der Waals surface area contributed by atoms with E-state index in [4.69, 9.17) is 4.98 Å². The molecule has 1 aliphatic rings. The van der Waals surface area contributed by atoms with Gasteiger partial charge in [0.05, 0.1) is 11.1 Å². The molecule has 34 heavy (non-hydrogen) atoms. The lowest BCUT2D eigenvalue weighted by Crippen LogP contribution is -2.40. The number of pyridine rings is 2. The zero-order valence-electron chi connectivity index (χ0n) is 18.8. The van der Waals surface area contributed by atoms with E-state index in [1.807, 2.05) is 29.0 Å². The predicted octanol–water partition coefficient (Wildman–Crippen LogP) is 5.12. The van der Waals surface area contributed by atoms with Crippen molar-refractivity contribution in [3.8, 4) is 5.82 Å². The quantitative estimate of drug-likeness (QED) is 0.398. The van der Waals surface area contributed by atoms with Crippen LogP contribution in [-0.2, 0) is 0 Å². The van der Waals surface area contributed by atoms with E-state index >= 15 is 0 Å². The van der Waals surface area contributed by atoms with Crippen LogP contribution < -0.4 is 10.6 Å². The minimum absolute atomic E-state index is 0. The fourth-order valence-corrected chi connectivity index (χ4v) is 4.35. The number of anilines is 1. The first kappa shape index (κ1) is 25.5. The molecule has 0 aliphatic heterocycles. The second-order valence-electron chi connectivity index (χ2n) is 8.38. The van der Waals surface area contributed by atoms with E-state index in [2.05, 4.69) is 45.7 Å². The zero-order chi connectivity index (χ0) is 21.9. The SMILES string of the molecule is Cc1cc(NC2CCC(NC(=O)c3ccc(-n4ccnc4)nc3)CC2)nc2ccccc12.Cl.Cl. The van der Waals surface area contributed by atoms with E-state index in [1.165, 1.54) is 10.9 Å². The molecule has 2 N–H and O–H groups in total. The molecule has 3 heterocycles. The summed E-state index contributed by atoms with van der Waals surface area (Å²) in [5.74, 6) is 1.60. The second kappa shape index (κ2) is 11.3. The summed E-state index contributed by atoms with van der Waals surface area (Å²) in [6.45, 7) is 2.12. The molecule has 178 valence electrons. The number of nitrogens with zero attached hydrogens (tertiary/aromatic N) is 4. The lowest BCUT2D eigenvalue weighted by atomic mass is 9.91. The van der Waals surface area contributed by atoms with Gasteiger partial charge in [-0.15, -0.1) is 24.8 Å². The van der Waals surface area contributed by atoms with Gasteiger partial charge in [0.15, 0.2) is 0 Å². The summed E-state index contributed by atoms with van der Waals surface area (Å²) in [5, 5.41) is 7.96. The number of halogens is 2. The number of benzene rings is 1. The maximum absolute atomic E-state index is 12.6. The third kappa shape index (κ3) is 5.66. The van der Waals surface area contributed by atoms with Gasteiger partial charge >= 0.3 is 0 Å². The van der Waals surface area contributed by atoms with Crippen LogP contribution in [0.2, 0.25) is 0 Å². The fourth-order valence-electron chi connectivity index (χ4n) is 4.35. The van der Waals surface area contributed by atoms with Gasteiger partial charge in [-0.25, -0.2) is 15.0 Å². The molecule has 0 atom stereocenters. The smallest absolute Gasteiger partial charge is 0.253 e. The molecule has 9 heteroatoms. The number of fused-ring (bicyclic) bond motifs is 1. The number of hydrogen-bond donors (Lipinski definition) is 2. The lowest BCUT2D eigenvalue weighted by Gasteiger charge is -2.30. The number of amides is 1. The van der Waals surface area contributed by atoms with Crippen molar-refractivity contribution in [1.29, 1.82) is 0 Å². The summed E-state index contributed by atoms with van der Waals surface area (Å²) in [6.07, 6.45) is 10.7. The first-order valence-electron chi connectivity index (χ1n) is 11.0. The summed E-state index contributed by atoms with van der Waals surface area (Å²) >= 11 is 0. The first-order valence-corrected chi connectivity index (χ1v) is 11.0. The van der Waals surface area contributed by atoms with Gasteiger partial charge in [0, 0.05) is 36.1 Å². The minimum Gasteiger partial charge on any atom is -0.367 e. The van der Waals surface area contributed by atoms with Crippen molar-refractivity contribution in [2.45, 2.75) is 44.7 Å². The largest absolute Gasteiger partial charge is 0.367 e. The molecule has 1 fully saturated rings. The topological polar surface area (TPSA) is 84.7 Å². The second-order valence-corrected chi connectivity index (χ2v) is 8.38. The van der Waals surface area contributed by atoms with E-state index in [-0.39, 0.29) is 36.8 Å². The molecule has 0 bridgehead atoms. The number of carbonyl (C=O) groups is 1. The number of para-hydroxylation sites is 1. The Balaban J connectivity index is 0.00000162.